The Bertz CT molecular complexity index is 708. The standard InChI is InChI=1S/C13H14BrNO4S/c1-18-5-7(16)9-6-3-2-4-19-10-8(6)11(13(17)15-9)20-12(10)14/h7,16H,2-5H2,1H3,(H,15,17). The second-order valence-electron chi connectivity index (χ2n) is 4.68. The molecule has 3 heterocycles. The topological polar surface area (TPSA) is 71.5 Å². The number of aromatic amines is 1. The highest BCUT2D eigenvalue weighted by Gasteiger charge is 2.25. The molecule has 2 N–H and O–H groups in total. The number of methoxy groups -OCH3 is 1. The van der Waals surface area contributed by atoms with Crippen LogP contribution in [-0.2, 0) is 11.2 Å². The third-order valence-corrected chi connectivity index (χ3v) is 5.18. The first-order valence-electron chi connectivity index (χ1n) is 6.30. The van der Waals surface area contributed by atoms with Gasteiger partial charge in [0.15, 0.2) is 5.75 Å². The minimum atomic E-state index is -0.836. The molecule has 5 nitrogen and oxygen atoms in total. The zero-order valence-corrected chi connectivity index (χ0v) is 13.3. The third kappa shape index (κ3) is 2.18. The van der Waals surface area contributed by atoms with E-state index >= 15 is 0 Å². The minimum absolute atomic E-state index is 0.149. The third-order valence-electron chi connectivity index (χ3n) is 3.38. The van der Waals surface area contributed by atoms with Crippen molar-refractivity contribution >= 4 is 37.4 Å². The minimum Gasteiger partial charge on any atom is -0.491 e. The summed E-state index contributed by atoms with van der Waals surface area (Å²) in [5.41, 5.74) is 1.30. The molecule has 7 heteroatoms. The van der Waals surface area contributed by atoms with Crippen LogP contribution in [0.4, 0.5) is 0 Å². The lowest BCUT2D eigenvalue weighted by Gasteiger charge is -2.14. The molecule has 0 aliphatic carbocycles. The van der Waals surface area contributed by atoms with E-state index in [2.05, 4.69) is 20.9 Å². The Labute approximate surface area is 127 Å². The van der Waals surface area contributed by atoms with Crippen LogP contribution in [-0.4, -0.2) is 30.4 Å². The van der Waals surface area contributed by atoms with E-state index in [1.807, 2.05) is 0 Å². The van der Waals surface area contributed by atoms with E-state index in [4.69, 9.17) is 9.47 Å². The summed E-state index contributed by atoms with van der Waals surface area (Å²) in [4.78, 5) is 15.0. The van der Waals surface area contributed by atoms with Crippen LogP contribution in [0.1, 0.15) is 23.8 Å². The van der Waals surface area contributed by atoms with Gasteiger partial charge in [0.05, 0.1) is 18.9 Å². The molecule has 0 fully saturated rings. The van der Waals surface area contributed by atoms with E-state index in [1.165, 1.54) is 18.4 Å². The highest BCUT2D eigenvalue weighted by Crippen LogP contribution is 2.44. The van der Waals surface area contributed by atoms with Crippen molar-refractivity contribution in [1.82, 2.24) is 4.98 Å². The average Bonchev–Trinajstić information content (AvgIpc) is 2.61. The van der Waals surface area contributed by atoms with E-state index in [-0.39, 0.29) is 12.2 Å². The first-order chi connectivity index (χ1) is 9.63. The largest absolute Gasteiger partial charge is 0.491 e. The normalized spacial score (nSPS) is 15.9. The summed E-state index contributed by atoms with van der Waals surface area (Å²) in [6.07, 6.45) is 0.774. The number of pyridine rings is 1. The second kappa shape index (κ2) is 5.48. The van der Waals surface area contributed by atoms with Crippen molar-refractivity contribution < 1.29 is 14.6 Å². The molecular formula is C13H14BrNO4S. The van der Waals surface area contributed by atoms with E-state index in [0.29, 0.717) is 17.0 Å². The van der Waals surface area contributed by atoms with Crippen LogP contribution in [0, 0.1) is 0 Å². The summed E-state index contributed by atoms with van der Waals surface area (Å²) in [5.74, 6) is 0.717. The summed E-state index contributed by atoms with van der Waals surface area (Å²) >= 11 is 4.81. The van der Waals surface area contributed by atoms with Gasteiger partial charge in [0.25, 0.3) is 5.56 Å². The maximum absolute atomic E-state index is 12.2. The zero-order valence-electron chi connectivity index (χ0n) is 10.9. The second-order valence-corrected chi connectivity index (χ2v) is 7.02. The number of halogens is 1. The van der Waals surface area contributed by atoms with Crippen LogP contribution < -0.4 is 10.3 Å². The van der Waals surface area contributed by atoms with Crippen molar-refractivity contribution in [2.75, 3.05) is 20.3 Å². The lowest BCUT2D eigenvalue weighted by atomic mass is 10.0. The summed E-state index contributed by atoms with van der Waals surface area (Å²) < 4.78 is 12.2. The maximum Gasteiger partial charge on any atom is 0.266 e. The van der Waals surface area contributed by atoms with Crippen molar-refractivity contribution in [3.05, 3.63) is 25.4 Å². The van der Waals surface area contributed by atoms with Gasteiger partial charge in [-0.25, -0.2) is 0 Å². The molecule has 0 radical (unpaired) electrons. The van der Waals surface area contributed by atoms with Gasteiger partial charge in [-0.05, 0) is 34.3 Å². The number of rotatable bonds is 3. The fourth-order valence-electron chi connectivity index (χ4n) is 2.55. The Hall–Kier alpha value is -0.890. The highest BCUT2D eigenvalue weighted by molar-refractivity contribution is 9.11. The van der Waals surface area contributed by atoms with Gasteiger partial charge >= 0.3 is 0 Å². The Morgan fingerprint density at radius 3 is 3.15 bits per heavy atom. The van der Waals surface area contributed by atoms with Gasteiger partial charge in [0.2, 0.25) is 0 Å². The molecule has 2 aromatic heterocycles. The molecule has 0 aromatic carbocycles. The Kier molecular flexibility index (Phi) is 3.85. The van der Waals surface area contributed by atoms with Crippen LogP contribution in [0.3, 0.4) is 0 Å². The fourth-order valence-corrected chi connectivity index (χ4v) is 4.24. The first kappa shape index (κ1) is 14.1. The summed E-state index contributed by atoms with van der Waals surface area (Å²) in [6, 6.07) is 0. The number of thiophene rings is 1. The number of H-pyrrole nitrogens is 1. The Morgan fingerprint density at radius 2 is 2.40 bits per heavy atom. The molecule has 1 aliphatic rings. The van der Waals surface area contributed by atoms with Gasteiger partial charge in [0.1, 0.15) is 14.6 Å². The maximum atomic E-state index is 12.2. The van der Waals surface area contributed by atoms with Crippen LogP contribution in [0.25, 0.3) is 10.1 Å². The predicted octanol–water partition coefficient (Wildman–Crippen LogP) is 2.36. The molecule has 108 valence electrons. The summed E-state index contributed by atoms with van der Waals surface area (Å²) in [5, 5.41) is 11.0. The van der Waals surface area contributed by atoms with Gasteiger partial charge in [-0.3, -0.25) is 4.79 Å². The van der Waals surface area contributed by atoms with Crippen molar-refractivity contribution in [1.29, 1.82) is 0 Å². The molecular weight excluding hydrogens is 346 g/mol. The number of hydrogen-bond donors (Lipinski definition) is 2. The summed E-state index contributed by atoms with van der Waals surface area (Å²) in [7, 11) is 1.52. The fraction of sp³-hybridized carbons (Fsp3) is 0.462. The van der Waals surface area contributed by atoms with Crippen molar-refractivity contribution in [2.45, 2.75) is 18.9 Å². The SMILES string of the molecule is COCC(O)c1[nH]c(=O)c2sc(Br)c3c2c1CCCO3. The zero-order chi connectivity index (χ0) is 14.3. The molecule has 2 aromatic rings. The van der Waals surface area contributed by atoms with Gasteiger partial charge in [-0.1, -0.05) is 0 Å². The van der Waals surface area contributed by atoms with Crippen LogP contribution in [0.2, 0.25) is 0 Å². The van der Waals surface area contributed by atoms with Crippen molar-refractivity contribution in [2.24, 2.45) is 0 Å². The predicted molar refractivity (Wildman–Crippen MR) is 80.8 cm³/mol. The number of hydrogen-bond acceptors (Lipinski definition) is 5. The molecule has 0 saturated carbocycles. The number of aliphatic hydroxyl groups excluding tert-OH is 1. The quantitative estimate of drug-likeness (QED) is 0.882. The average molecular weight is 360 g/mol. The molecule has 1 unspecified atom stereocenters. The van der Waals surface area contributed by atoms with Gasteiger partial charge in [0, 0.05) is 12.5 Å². The van der Waals surface area contributed by atoms with Gasteiger partial charge in [-0.15, -0.1) is 11.3 Å². The Morgan fingerprint density at radius 1 is 1.60 bits per heavy atom. The molecule has 0 bridgehead atoms. The number of aryl methyl sites for hydroxylation is 1. The van der Waals surface area contributed by atoms with E-state index in [9.17, 15) is 9.90 Å². The van der Waals surface area contributed by atoms with E-state index < -0.39 is 6.10 Å². The molecule has 0 amide bonds. The van der Waals surface area contributed by atoms with E-state index in [1.54, 1.807) is 0 Å². The lowest BCUT2D eigenvalue weighted by molar-refractivity contribution is 0.0611. The number of aromatic nitrogens is 1. The molecule has 1 aliphatic heterocycles. The van der Waals surface area contributed by atoms with Crippen molar-refractivity contribution in [3.63, 3.8) is 0 Å². The van der Waals surface area contributed by atoms with Crippen LogP contribution in [0.5, 0.6) is 5.75 Å². The van der Waals surface area contributed by atoms with Gasteiger partial charge in [-0.2, -0.15) is 0 Å². The lowest BCUT2D eigenvalue weighted by Crippen LogP contribution is -2.17. The smallest absolute Gasteiger partial charge is 0.266 e. The molecule has 3 rings (SSSR count). The number of aliphatic hydroxyl groups is 1. The monoisotopic (exact) mass is 359 g/mol. The van der Waals surface area contributed by atoms with Crippen LogP contribution in [0.15, 0.2) is 8.58 Å². The first-order valence-corrected chi connectivity index (χ1v) is 7.91. The van der Waals surface area contributed by atoms with E-state index in [0.717, 1.165) is 33.3 Å². The molecule has 20 heavy (non-hydrogen) atoms. The molecule has 0 saturated heterocycles. The molecule has 0 spiro atoms. The molecule has 1 atom stereocenters. The van der Waals surface area contributed by atoms with Crippen molar-refractivity contribution in [3.8, 4) is 5.75 Å². The van der Waals surface area contributed by atoms with Crippen LogP contribution >= 0.6 is 27.3 Å². The summed E-state index contributed by atoms with van der Waals surface area (Å²) in [6.45, 7) is 0.753. The number of nitrogens with one attached hydrogen (secondary N) is 1. The van der Waals surface area contributed by atoms with Gasteiger partial charge < -0.3 is 19.6 Å². The highest BCUT2D eigenvalue weighted by atomic mass is 79.9. The Balaban J connectivity index is 2.31. The number of ether oxygens (including phenoxy) is 2.